The predicted molar refractivity (Wildman–Crippen MR) is 107 cm³/mol. The molecular formula is C21H26N4O2. The number of anilines is 2. The van der Waals surface area contributed by atoms with Crippen molar-refractivity contribution in [3.05, 3.63) is 53.9 Å². The molecule has 6 nitrogen and oxygen atoms in total. The Morgan fingerprint density at radius 1 is 0.926 bits per heavy atom. The first-order valence-electron chi connectivity index (χ1n) is 9.59. The van der Waals surface area contributed by atoms with Gasteiger partial charge in [0.15, 0.2) is 0 Å². The molecule has 3 heterocycles. The molecular weight excluding hydrogens is 340 g/mol. The molecule has 1 amide bonds. The van der Waals surface area contributed by atoms with Crippen LogP contribution in [0.4, 0.5) is 11.4 Å². The second kappa shape index (κ2) is 7.96. The standard InChI is InChI=1S/C21H26N4O2/c1-17-3-2-4-19(13-17)23-5-7-25(8-6-23)21(26)18-14-20(16-22-15-18)24-9-11-27-12-10-24/h2-4,13-16H,5-12H2,1H3. The highest BCUT2D eigenvalue weighted by atomic mass is 16.5. The van der Waals surface area contributed by atoms with Gasteiger partial charge in [0.1, 0.15) is 0 Å². The Morgan fingerprint density at radius 2 is 1.67 bits per heavy atom. The lowest BCUT2D eigenvalue weighted by Gasteiger charge is -2.36. The monoisotopic (exact) mass is 366 g/mol. The summed E-state index contributed by atoms with van der Waals surface area (Å²) in [6.07, 6.45) is 3.51. The molecule has 0 spiro atoms. The van der Waals surface area contributed by atoms with Gasteiger partial charge in [-0.3, -0.25) is 9.78 Å². The van der Waals surface area contributed by atoms with Crippen LogP contribution in [0.3, 0.4) is 0 Å². The van der Waals surface area contributed by atoms with Crippen LogP contribution < -0.4 is 9.80 Å². The van der Waals surface area contributed by atoms with Gasteiger partial charge >= 0.3 is 0 Å². The van der Waals surface area contributed by atoms with E-state index < -0.39 is 0 Å². The van der Waals surface area contributed by atoms with Crippen LogP contribution in [0.5, 0.6) is 0 Å². The van der Waals surface area contributed by atoms with E-state index in [2.05, 4.69) is 46.0 Å². The van der Waals surface area contributed by atoms with Crippen LogP contribution >= 0.6 is 0 Å². The van der Waals surface area contributed by atoms with Gasteiger partial charge in [0.25, 0.3) is 5.91 Å². The molecule has 6 heteroatoms. The molecule has 1 aromatic heterocycles. The first-order valence-corrected chi connectivity index (χ1v) is 9.59. The SMILES string of the molecule is Cc1cccc(N2CCN(C(=O)c3cncc(N4CCOCC4)c3)CC2)c1. The lowest BCUT2D eigenvalue weighted by molar-refractivity contribution is 0.0746. The maximum atomic E-state index is 13.0. The number of morpholine rings is 1. The van der Waals surface area contributed by atoms with Gasteiger partial charge in [-0.25, -0.2) is 0 Å². The van der Waals surface area contributed by atoms with E-state index in [-0.39, 0.29) is 5.91 Å². The number of pyridine rings is 1. The lowest BCUT2D eigenvalue weighted by atomic mass is 10.1. The Labute approximate surface area is 160 Å². The van der Waals surface area contributed by atoms with Crippen LogP contribution in [0.2, 0.25) is 0 Å². The van der Waals surface area contributed by atoms with Crippen molar-refractivity contribution in [3.8, 4) is 0 Å². The minimum absolute atomic E-state index is 0.0708. The normalized spacial score (nSPS) is 17.9. The van der Waals surface area contributed by atoms with Crippen molar-refractivity contribution in [2.75, 3.05) is 62.3 Å². The van der Waals surface area contributed by atoms with Gasteiger partial charge in [-0.2, -0.15) is 0 Å². The van der Waals surface area contributed by atoms with Gasteiger partial charge in [-0.15, -0.1) is 0 Å². The molecule has 2 aromatic rings. The summed E-state index contributed by atoms with van der Waals surface area (Å²) < 4.78 is 5.41. The molecule has 2 fully saturated rings. The molecule has 2 saturated heterocycles. The first kappa shape index (κ1) is 17.8. The molecule has 142 valence electrons. The van der Waals surface area contributed by atoms with Crippen LogP contribution in [-0.2, 0) is 4.74 Å². The van der Waals surface area contributed by atoms with Crippen molar-refractivity contribution >= 4 is 17.3 Å². The third-order valence-electron chi connectivity index (χ3n) is 5.28. The molecule has 0 unspecified atom stereocenters. The van der Waals surface area contributed by atoms with Gasteiger partial charge in [0.2, 0.25) is 0 Å². The highest BCUT2D eigenvalue weighted by molar-refractivity contribution is 5.95. The highest BCUT2D eigenvalue weighted by Gasteiger charge is 2.23. The molecule has 0 aliphatic carbocycles. The van der Waals surface area contributed by atoms with Crippen LogP contribution in [0, 0.1) is 6.92 Å². The fourth-order valence-corrected chi connectivity index (χ4v) is 3.71. The Morgan fingerprint density at radius 3 is 2.41 bits per heavy atom. The van der Waals surface area contributed by atoms with Crippen LogP contribution in [0.15, 0.2) is 42.7 Å². The fraction of sp³-hybridized carbons (Fsp3) is 0.429. The number of amides is 1. The Bertz CT molecular complexity index is 796. The summed E-state index contributed by atoms with van der Waals surface area (Å²) in [4.78, 5) is 23.8. The van der Waals surface area contributed by atoms with Gasteiger partial charge in [-0.05, 0) is 30.7 Å². The summed E-state index contributed by atoms with van der Waals surface area (Å²) in [5, 5.41) is 0. The van der Waals surface area contributed by atoms with Gasteiger partial charge < -0.3 is 19.4 Å². The lowest BCUT2D eigenvalue weighted by Crippen LogP contribution is -2.48. The summed E-state index contributed by atoms with van der Waals surface area (Å²) in [5.74, 6) is 0.0708. The van der Waals surface area contributed by atoms with Crippen molar-refractivity contribution in [2.45, 2.75) is 6.92 Å². The summed E-state index contributed by atoms with van der Waals surface area (Å²) in [5.41, 5.74) is 4.17. The summed E-state index contributed by atoms with van der Waals surface area (Å²) in [6, 6.07) is 10.5. The molecule has 2 aliphatic rings. The van der Waals surface area contributed by atoms with Gasteiger partial charge in [-0.1, -0.05) is 12.1 Å². The summed E-state index contributed by atoms with van der Waals surface area (Å²) >= 11 is 0. The molecule has 0 saturated carbocycles. The number of carbonyl (C=O) groups is 1. The quantitative estimate of drug-likeness (QED) is 0.833. The number of aromatic nitrogens is 1. The Kier molecular flexibility index (Phi) is 5.25. The smallest absolute Gasteiger partial charge is 0.255 e. The minimum atomic E-state index is 0.0708. The zero-order valence-electron chi connectivity index (χ0n) is 15.8. The largest absolute Gasteiger partial charge is 0.378 e. The molecule has 2 aliphatic heterocycles. The number of ether oxygens (including phenoxy) is 1. The van der Waals surface area contributed by atoms with E-state index >= 15 is 0 Å². The molecule has 0 N–H and O–H groups in total. The number of nitrogens with zero attached hydrogens (tertiary/aromatic N) is 4. The van der Waals surface area contributed by atoms with E-state index in [1.807, 2.05) is 17.2 Å². The molecule has 0 radical (unpaired) electrons. The minimum Gasteiger partial charge on any atom is -0.378 e. The second-order valence-corrected chi connectivity index (χ2v) is 7.15. The highest BCUT2D eigenvalue weighted by Crippen LogP contribution is 2.20. The zero-order valence-corrected chi connectivity index (χ0v) is 15.8. The van der Waals surface area contributed by atoms with E-state index in [0.29, 0.717) is 5.56 Å². The van der Waals surface area contributed by atoms with Crippen LogP contribution in [0.25, 0.3) is 0 Å². The Balaban J connectivity index is 1.40. The van der Waals surface area contributed by atoms with E-state index in [9.17, 15) is 4.79 Å². The van der Waals surface area contributed by atoms with E-state index in [1.165, 1.54) is 11.3 Å². The van der Waals surface area contributed by atoms with Gasteiger partial charge in [0.05, 0.1) is 30.7 Å². The van der Waals surface area contributed by atoms with Crippen molar-refractivity contribution in [3.63, 3.8) is 0 Å². The van der Waals surface area contributed by atoms with Crippen molar-refractivity contribution < 1.29 is 9.53 Å². The molecule has 27 heavy (non-hydrogen) atoms. The number of carbonyl (C=O) groups excluding carboxylic acids is 1. The molecule has 0 atom stereocenters. The summed E-state index contributed by atoms with van der Waals surface area (Å²) in [7, 11) is 0. The average Bonchev–Trinajstić information content (AvgIpc) is 2.74. The van der Waals surface area contributed by atoms with Crippen molar-refractivity contribution in [1.29, 1.82) is 0 Å². The van der Waals surface area contributed by atoms with E-state index in [0.717, 1.165) is 58.2 Å². The van der Waals surface area contributed by atoms with E-state index in [1.54, 1.807) is 6.20 Å². The molecule has 0 bridgehead atoms. The molecule has 4 rings (SSSR count). The fourth-order valence-electron chi connectivity index (χ4n) is 3.71. The predicted octanol–water partition coefficient (Wildman–Crippen LogP) is 2.19. The third-order valence-corrected chi connectivity index (χ3v) is 5.28. The second-order valence-electron chi connectivity index (χ2n) is 7.15. The number of aryl methyl sites for hydroxylation is 1. The topological polar surface area (TPSA) is 48.9 Å². The molecule has 1 aromatic carbocycles. The van der Waals surface area contributed by atoms with Crippen molar-refractivity contribution in [1.82, 2.24) is 9.88 Å². The number of hydrogen-bond acceptors (Lipinski definition) is 5. The summed E-state index contributed by atoms with van der Waals surface area (Å²) in [6.45, 7) is 8.40. The Hall–Kier alpha value is -2.60. The van der Waals surface area contributed by atoms with Crippen molar-refractivity contribution in [2.24, 2.45) is 0 Å². The third kappa shape index (κ3) is 4.06. The maximum absolute atomic E-state index is 13.0. The van der Waals surface area contributed by atoms with Gasteiger partial charge in [0, 0.05) is 51.2 Å². The average molecular weight is 366 g/mol. The number of piperazine rings is 1. The zero-order chi connectivity index (χ0) is 18.6. The first-order chi connectivity index (χ1) is 13.2. The van der Waals surface area contributed by atoms with Crippen LogP contribution in [0.1, 0.15) is 15.9 Å². The number of hydrogen-bond donors (Lipinski definition) is 0. The number of rotatable bonds is 3. The van der Waals surface area contributed by atoms with Crippen LogP contribution in [-0.4, -0.2) is 68.3 Å². The number of benzene rings is 1. The van der Waals surface area contributed by atoms with E-state index in [4.69, 9.17) is 4.74 Å². The maximum Gasteiger partial charge on any atom is 0.255 e.